The lowest BCUT2D eigenvalue weighted by molar-refractivity contribution is -0.135. The minimum absolute atomic E-state index is 0.0529. The third-order valence-corrected chi connectivity index (χ3v) is 6.53. The van der Waals surface area contributed by atoms with E-state index >= 15 is 0 Å². The molecule has 0 spiro atoms. The lowest BCUT2D eigenvalue weighted by atomic mass is 9.72. The lowest BCUT2D eigenvalue weighted by Gasteiger charge is -2.44. The second-order valence-electron chi connectivity index (χ2n) is 7.93. The molecular weight excluding hydrogens is 366 g/mol. The van der Waals surface area contributed by atoms with Gasteiger partial charge in [-0.1, -0.05) is 23.7 Å². The van der Waals surface area contributed by atoms with Gasteiger partial charge in [-0.25, -0.2) is 4.79 Å². The van der Waals surface area contributed by atoms with Crippen molar-refractivity contribution in [3.63, 3.8) is 0 Å². The van der Waals surface area contributed by atoms with Gasteiger partial charge in [-0.05, 0) is 56.5 Å². The smallest absolute Gasteiger partial charge is 0.408 e. The predicted octanol–water partition coefficient (Wildman–Crippen LogP) is 2.48. The Hall–Kier alpha value is -1.63. The van der Waals surface area contributed by atoms with Crippen LogP contribution < -0.4 is 10.6 Å². The van der Waals surface area contributed by atoms with Gasteiger partial charge in [0.25, 0.3) is 0 Å². The molecule has 7 heteroatoms. The average Bonchev–Trinajstić information content (AvgIpc) is 3.40. The number of hydrogen-bond acceptors (Lipinski definition) is 4. The highest BCUT2D eigenvalue weighted by molar-refractivity contribution is 6.30. The van der Waals surface area contributed by atoms with Crippen molar-refractivity contribution in [2.45, 2.75) is 43.2 Å². The van der Waals surface area contributed by atoms with Gasteiger partial charge in [-0.15, -0.1) is 0 Å². The largest absolute Gasteiger partial charge is 0.465 e. The molecule has 0 unspecified atom stereocenters. The summed E-state index contributed by atoms with van der Waals surface area (Å²) in [5.41, 5.74) is -0.0679. The summed E-state index contributed by atoms with van der Waals surface area (Å²) in [6.45, 7) is 2.59. The Morgan fingerprint density at radius 1 is 1.07 bits per heavy atom. The first-order chi connectivity index (χ1) is 13.0. The highest BCUT2D eigenvalue weighted by Crippen LogP contribution is 2.45. The molecule has 1 aliphatic carbocycles. The molecule has 2 aliphatic heterocycles. The van der Waals surface area contributed by atoms with Crippen LogP contribution >= 0.6 is 11.6 Å². The summed E-state index contributed by atoms with van der Waals surface area (Å²) in [5.74, 6) is -0.210. The van der Waals surface area contributed by atoms with Crippen molar-refractivity contribution in [2.75, 3.05) is 26.2 Å². The van der Waals surface area contributed by atoms with Gasteiger partial charge in [-0.3, -0.25) is 9.69 Å². The lowest BCUT2D eigenvalue weighted by Crippen LogP contribution is -2.64. The monoisotopic (exact) mass is 391 g/mol. The number of rotatable bonds is 5. The normalized spacial score (nSPS) is 28.9. The fraction of sp³-hybridized carbons (Fsp3) is 0.600. The van der Waals surface area contributed by atoms with E-state index in [0.717, 1.165) is 44.3 Å². The maximum absolute atomic E-state index is 13.9. The van der Waals surface area contributed by atoms with E-state index < -0.39 is 11.6 Å². The van der Waals surface area contributed by atoms with Crippen LogP contribution in [0.15, 0.2) is 24.3 Å². The van der Waals surface area contributed by atoms with E-state index in [1.165, 1.54) is 4.90 Å². The molecule has 6 nitrogen and oxygen atoms in total. The van der Waals surface area contributed by atoms with E-state index in [2.05, 4.69) is 10.6 Å². The van der Waals surface area contributed by atoms with E-state index in [1.807, 2.05) is 24.3 Å². The van der Waals surface area contributed by atoms with Crippen molar-refractivity contribution < 1.29 is 14.7 Å². The van der Waals surface area contributed by atoms with Crippen LogP contribution in [0.1, 0.15) is 37.2 Å². The Balaban J connectivity index is 1.78. The Kier molecular flexibility index (Phi) is 5.14. The quantitative estimate of drug-likeness (QED) is 0.718. The first-order valence-corrected chi connectivity index (χ1v) is 10.2. The number of amides is 1. The maximum Gasteiger partial charge on any atom is 0.408 e. The van der Waals surface area contributed by atoms with Crippen LogP contribution in [-0.2, 0) is 4.79 Å². The second-order valence-corrected chi connectivity index (χ2v) is 8.37. The molecule has 3 N–H and O–H groups in total. The van der Waals surface area contributed by atoms with Crippen molar-refractivity contribution in [1.82, 2.24) is 15.5 Å². The standard InChI is InChI=1S/C20H26ClN3O3/c21-15-3-1-13(2-4-15)17-11-23-12-20(17,24(19(26)27)16-5-6-16)18(25)14-7-9-22-10-8-14/h1-4,14,16-17,22-23H,5-12H2,(H,26,27)/t17-,20+/m1/s1. The van der Waals surface area contributed by atoms with Crippen molar-refractivity contribution in [3.8, 4) is 0 Å². The molecule has 2 heterocycles. The molecular formula is C20H26ClN3O3. The van der Waals surface area contributed by atoms with Gasteiger partial charge in [0.1, 0.15) is 5.54 Å². The summed E-state index contributed by atoms with van der Waals surface area (Å²) in [7, 11) is 0. The molecule has 1 amide bonds. The number of halogens is 1. The zero-order valence-electron chi connectivity index (χ0n) is 15.3. The van der Waals surface area contributed by atoms with Crippen LogP contribution in [0.5, 0.6) is 0 Å². The Labute approximate surface area is 164 Å². The summed E-state index contributed by atoms with van der Waals surface area (Å²) in [4.78, 5) is 27.7. The minimum atomic E-state index is -1.04. The molecule has 1 aromatic carbocycles. The molecule has 2 atom stereocenters. The van der Waals surface area contributed by atoms with E-state index in [0.29, 0.717) is 18.1 Å². The predicted molar refractivity (Wildman–Crippen MR) is 103 cm³/mol. The molecule has 146 valence electrons. The molecule has 1 aromatic rings. The third-order valence-electron chi connectivity index (χ3n) is 6.28. The van der Waals surface area contributed by atoms with E-state index in [9.17, 15) is 14.7 Å². The summed E-state index contributed by atoms with van der Waals surface area (Å²) in [5, 5.41) is 17.4. The summed E-state index contributed by atoms with van der Waals surface area (Å²) in [6, 6.07) is 7.44. The second kappa shape index (κ2) is 7.41. The average molecular weight is 392 g/mol. The molecule has 0 aromatic heterocycles. The van der Waals surface area contributed by atoms with Gasteiger partial charge >= 0.3 is 6.09 Å². The number of Topliss-reactive ketones (excluding diaryl/α,β-unsaturated/α-hetero) is 1. The van der Waals surface area contributed by atoms with Crippen LogP contribution in [0.4, 0.5) is 4.79 Å². The van der Waals surface area contributed by atoms with Gasteiger partial charge in [0.05, 0.1) is 0 Å². The minimum Gasteiger partial charge on any atom is -0.465 e. The number of ketones is 1. The zero-order valence-corrected chi connectivity index (χ0v) is 16.0. The maximum atomic E-state index is 13.9. The molecule has 27 heavy (non-hydrogen) atoms. The van der Waals surface area contributed by atoms with E-state index in [-0.39, 0.29) is 23.7 Å². The van der Waals surface area contributed by atoms with E-state index in [1.54, 1.807) is 0 Å². The number of carboxylic acid groups (broad SMARTS) is 1. The molecule has 0 bridgehead atoms. The fourth-order valence-corrected chi connectivity index (χ4v) is 4.97. The molecule has 4 rings (SSSR count). The number of carbonyl (C=O) groups excluding carboxylic acids is 1. The van der Waals surface area contributed by atoms with Crippen LogP contribution in [-0.4, -0.2) is 59.6 Å². The summed E-state index contributed by atoms with van der Waals surface area (Å²) in [6.07, 6.45) is 2.22. The first kappa shape index (κ1) is 18.7. The Morgan fingerprint density at radius 3 is 2.33 bits per heavy atom. The number of piperidine rings is 1. The SMILES string of the molecule is O=C(O)N(C1CC1)[C@@]1(C(=O)C2CCNCC2)CNC[C@@H]1c1ccc(Cl)cc1. The van der Waals surface area contributed by atoms with Crippen LogP contribution in [0.25, 0.3) is 0 Å². The van der Waals surface area contributed by atoms with Gasteiger partial charge in [-0.2, -0.15) is 0 Å². The molecule has 2 saturated heterocycles. The number of hydrogen-bond donors (Lipinski definition) is 3. The topological polar surface area (TPSA) is 81.7 Å². The van der Waals surface area contributed by atoms with Gasteiger partial charge in [0.2, 0.25) is 0 Å². The van der Waals surface area contributed by atoms with Crippen LogP contribution in [0.3, 0.4) is 0 Å². The highest BCUT2D eigenvalue weighted by Gasteiger charge is 2.60. The fourth-order valence-electron chi connectivity index (χ4n) is 4.84. The molecule has 0 radical (unpaired) electrons. The first-order valence-electron chi connectivity index (χ1n) is 9.77. The Bertz CT molecular complexity index is 716. The van der Waals surface area contributed by atoms with Crippen LogP contribution in [0.2, 0.25) is 5.02 Å². The molecule has 3 aliphatic rings. The third kappa shape index (κ3) is 3.35. The van der Waals surface area contributed by atoms with Crippen molar-refractivity contribution in [3.05, 3.63) is 34.9 Å². The van der Waals surface area contributed by atoms with Gasteiger partial charge in [0.15, 0.2) is 5.78 Å². The number of carbonyl (C=O) groups is 2. The number of benzene rings is 1. The van der Waals surface area contributed by atoms with Crippen molar-refractivity contribution in [2.24, 2.45) is 5.92 Å². The van der Waals surface area contributed by atoms with E-state index in [4.69, 9.17) is 11.6 Å². The molecule has 3 fully saturated rings. The highest BCUT2D eigenvalue weighted by atomic mass is 35.5. The summed E-state index contributed by atoms with van der Waals surface area (Å²) >= 11 is 6.05. The Morgan fingerprint density at radius 2 is 1.74 bits per heavy atom. The van der Waals surface area contributed by atoms with Crippen molar-refractivity contribution >= 4 is 23.5 Å². The van der Waals surface area contributed by atoms with Gasteiger partial charge in [0, 0.05) is 36.0 Å². The molecule has 1 saturated carbocycles. The zero-order chi connectivity index (χ0) is 19.0. The van der Waals surface area contributed by atoms with Crippen LogP contribution in [0, 0.1) is 5.92 Å². The number of nitrogens with zero attached hydrogens (tertiary/aromatic N) is 1. The number of nitrogens with one attached hydrogen (secondary N) is 2. The van der Waals surface area contributed by atoms with Gasteiger partial charge < -0.3 is 15.7 Å². The summed E-state index contributed by atoms with van der Waals surface area (Å²) < 4.78 is 0. The van der Waals surface area contributed by atoms with Crippen molar-refractivity contribution in [1.29, 1.82) is 0 Å².